The van der Waals surface area contributed by atoms with Gasteiger partial charge in [0.2, 0.25) is 0 Å². The van der Waals surface area contributed by atoms with E-state index < -0.39 is 11.8 Å². The number of anilines is 2. The minimum Gasteiger partial charge on any atom is -0.311 e. The Bertz CT molecular complexity index is 953. The van der Waals surface area contributed by atoms with Crippen molar-refractivity contribution in [3.8, 4) is 11.4 Å². The molecule has 2 heterocycles. The maximum atomic E-state index is 13.6. The number of nitrogens with one attached hydrogen (secondary N) is 2. The summed E-state index contributed by atoms with van der Waals surface area (Å²) in [5.74, 6) is 1.33. The second kappa shape index (κ2) is 6.95. The first-order chi connectivity index (χ1) is 12.7. The van der Waals surface area contributed by atoms with Gasteiger partial charge in [0.1, 0.15) is 11.6 Å². The number of halogens is 1. The molecule has 132 valence electrons. The third kappa shape index (κ3) is 3.28. The van der Waals surface area contributed by atoms with E-state index in [4.69, 9.17) is 0 Å². The van der Waals surface area contributed by atoms with Gasteiger partial charge >= 0.3 is 6.03 Å². The molecule has 0 spiro atoms. The number of aryl methyl sites for hydroxylation is 1. The molecule has 0 unspecified atom stereocenters. The van der Waals surface area contributed by atoms with Crippen molar-refractivity contribution in [3.63, 3.8) is 0 Å². The second-order valence-corrected chi connectivity index (χ2v) is 6.19. The summed E-state index contributed by atoms with van der Waals surface area (Å²) in [7, 11) is 0. The van der Waals surface area contributed by atoms with Crippen molar-refractivity contribution in [1.82, 2.24) is 14.8 Å². The van der Waals surface area contributed by atoms with E-state index in [-0.39, 0.29) is 5.69 Å². The van der Waals surface area contributed by atoms with Crippen LogP contribution < -0.4 is 10.6 Å². The van der Waals surface area contributed by atoms with E-state index in [0.717, 1.165) is 43.0 Å². The molecule has 6 nitrogen and oxygen atoms in total. The van der Waals surface area contributed by atoms with Gasteiger partial charge in [0.15, 0.2) is 5.82 Å². The van der Waals surface area contributed by atoms with Gasteiger partial charge in [0.25, 0.3) is 0 Å². The highest BCUT2D eigenvalue weighted by molar-refractivity contribution is 6.00. The van der Waals surface area contributed by atoms with Crippen molar-refractivity contribution in [1.29, 1.82) is 0 Å². The average Bonchev–Trinajstić information content (AvgIpc) is 3.08. The number of rotatable bonds is 3. The van der Waals surface area contributed by atoms with Crippen LogP contribution in [0.2, 0.25) is 0 Å². The molecule has 4 rings (SSSR count). The summed E-state index contributed by atoms with van der Waals surface area (Å²) in [5, 5.41) is 13.8. The molecule has 2 aromatic carbocycles. The summed E-state index contributed by atoms with van der Waals surface area (Å²) >= 11 is 0. The zero-order valence-corrected chi connectivity index (χ0v) is 14.1. The maximum absolute atomic E-state index is 13.6. The van der Waals surface area contributed by atoms with Gasteiger partial charge in [-0.3, -0.25) is 0 Å². The lowest BCUT2D eigenvalue weighted by Gasteiger charge is -2.15. The Morgan fingerprint density at radius 1 is 1.04 bits per heavy atom. The van der Waals surface area contributed by atoms with Crippen LogP contribution in [-0.2, 0) is 13.0 Å². The van der Waals surface area contributed by atoms with Crippen LogP contribution in [0.3, 0.4) is 0 Å². The van der Waals surface area contributed by atoms with Gasteiger partial charge in [-0.05, 0) is 37.1 Å². The largest absolute Gasteiger partial charge is 0.323 e. The van der Waals surface area contributed by atoms with Crippen LogP contribution in [0.5, 0.6) is 0 Å². The molecule has 0 saturated heterocycles. The molecule has 0 saturated carbocycles. The molecule has 3 aromatic rings. The lowest BCUT2D eigenvalue weighted by Crippen LogP contribution is -2.20. The van der Waals surface area contributed by atoms with Crippen molar-refractivity contribution in [2.45, 2.75) is 25.8 Å². The number of benzene rings is 2. The lowest BCUT2D eigenvalue weighted by molar-refractivity contribution is 0.262. The summed E-state index contributed by atoms with van der Waals surface area (Å²) in [6, 6.07) is 12.9. The maximum Gasteiger partial charge on any atom is 0.323 e. The predicted octanol–water partition coefficient (Wildman–Crippen LogP) is 4.06. The van der Waals surface area contributed by atoms with Gasteiger partial charge in [-0.25, -0.2) is 9.18 Å². The van der Waals surface area contributed by atoms with Crippen molar-refractivity contribution in [2.75, 3.05) is 10.6 Å². The van der Waals surface area contributed by atoms with Gasteiger partial charge in [-0.1, -0.05) is 24.3 Å². The van der Waals surface area contributed by atoms with Crippen LogP contribution in [0.25, 0.3) is 11.4 Å². The minimum atomic E-state index is -0.504. The molecule has 7 heteroatoms. The van der Waals surface area contributed by atoms with Crippen LogP contribution in [-0.4, -0.2) is 20.8 Å². The summed E-state index contributed by atoms with van der Waals surface area (Å²) in [4.78, 5) is 12.1. The van der Waals surface area contributed by atoms with E-state index >= 15 is 0 Å². The Hall–Kier alpha value is -3.22. The molecule has 0 fully saturated rings. The van der Waals surface area contributed by atoms with E-state index in [1.54, 1.807) is 18.2 Å². The Labute approximate surface area is 150 Å². The fraction of sp³-hybridized carbons (Fsp3) is 0.211. The zero-order chi connectivity index (χ0) is 17.9. The number of carbonyl (C=O) groups excluding carboxylic acids is 1. The third-order valence-electron chi connectivity index (χ3n) is 4.36. The molecule has 2 N–H and O–H groups in total. The van der Waals surface area contributed by atoms with Gasteiger partial charge in [-0.2, -0.15) is 0 Å². The van der Waals surface area contributed by atoms with Crippen molar-refractivity contribution in [3.05, 3.63) is 60.2 Å². The van der Waals surface area contributed by atoms with E-state index in [1.165, 1.54) is 12.1 Å². The Balaban J connectivity index is 1.52. The second-order valence-electron chi connectivity index (χ2n) is 6.19. The van der Waals surface area contributed by atoms with Crippen LogP contribution >= 0.6 is 0 Å². The van der Waals surface area contributed by atoms with Gasteiger partial charge in [-0.15, -0.1) is 10.2 Å². The normalized spacial score (nSPS) is 13.1. The molecule has 1 aliphatic rings. The average molecular weight is 351 g/mol. The number of para-hydroxylation sites is 1. The number of urea groups is 1. The van der Waals surface area contributed by atoms with Crippen LogP contribution in [0.15, 0.2) is 48.5 Å². The predicted molar refractivity (Wildman–Crippen MR) is 97.4 cm³/mol. The van der Waals surface area contributed by atoms with Gasteiger partial charge in [0, 0.05) is 24.2 Å². The molecule has 1 aromatic heterocycles. The molecule has 0 radical (unpaired) electrons. The number of nitrogens with zero attached hydrogens (tertiary/aromatic N) is 3. The molecular formula is C19H18FN5O. The summed E-state index contributed by atoms with van der Waals surface area (Å²) in [5.41, 5.74) is 1.62. The summed E-state index contributed by atoms with van der Waals surface area (Å²) in [6.45, 7) is 0.906. The van der Waals surface area contributed by atoms with E-state index in [0.29, 0.717) is 5.69 Å². The quantitative estimate of drug-likeness (QED) is 0.747. The molecule has 26 heavy (non-hydrogen) atoms. The summed E-state index contributed by atoms with van der Waals surface area (Å²) in [6.07, 6.45) is 3.19. The number of aromatic nitrogens is 3. The van der Waals surface area contributed by atoms with Crippen LogP contribution in [0.4, 0.5) is 20.6 Å². The number of carbonyl (C=O) groups is 1. The van der Waals surface area contributed by atoms with Crippen molar-refractivity contribution < 1.29 is 9.18 Å². The van der Waals surface area contributed by atoms with E-state index in [9.17, 15) is 9.18 Å². The number of hydrogen-bond donors (Lipinski definition) is 2. The lowest BCUT2D eigenvalue weighted by atomic mass is 10.1. The highest BCUT2D eigenvalue weighted by Gasteiger charge is 2.17. The molecule has 1 aliphatic heterocycles. The van der Waals surface area contributed by atoms with Crippen molar-refractivity contribution in [2.24, 2.45) is 0 Å². The van der Waals surface area contributed by atoms with Crippen LogP contribution in [0.1, 0.15) is 18.7 Å². The molecule has 0 aliphatic carbocycles. The van der Waals surface area contributed by atoms with Gasteiger partial charge in [0.05, 0.1) is 5.69 Å². The summed E-state index contributed by atoms with van der Waals surface area (Å²) < 4.78 is 15.8. The Morgan fingerprint density at radius 2 is 1.92 bits per heavy atom. The monoisotopic (exact) mass is 351 g/mol. The first kappa shape index (κ1) is 16.3. The molecule has 2 amide bonds. The molecule has 0 bridgehead atoms. The van der Waals surface area contributed by atoms with E-state index in [1.807, 2.05) is 18.2 Å². The first-order valence-electron chi connectivity index (χ1n) is 8.56. The third-order valence-corrected chi connectivity index (χ3v) is 4.36. The highest BCUT2D eigenvalue weighted by atomic mass is 19.1. The smallest absolute Gasteiger partial charge is 0.311 e. The highest BCUT2D eigenvalue weighted by Crippen LogP contribution is 2.25. The molecular weight excluding hydrogens is 333 g/mol. The Morgan fingerprint density at radius 3 is 2.81 bits per heavy atom. The topological polar surface area (TPSA) is 71.8 Å². The molecule has 0 atom stereocenters. The minimum absolute atomic E-state index is 0.132. The fourth-order valence-electron chi connectivity index (χ4n) is 3.11. The number of hydrogen-bond acceptors (Lipinski definition) is 3. The zero-order valence-electron chi connectivity index (χ0n) is 14.1. The van der Waals surface area contributed by atoms with Gasteiger partial charge < -0.3 is 15.2 Å². The SMILES string of the molecule is O=C(Nc1cccc(-c2nnc3n2CCCC3)c1)Nc1ccccc1F. The standard InChI is InChI=1S/C19H18FN5O/c20-15-8-1-2-9-16(15)22-19(26)21-14-7-5-6-13(12-14)18-24-23-17-10-3-4-11-25(17)18/h1-2,5-9,12H,3-4,10-11H2,(H2,21,22,26). The Kier molecular flexibility index (Phi) is 4.35. The number of amides is 2. The van der Waals surface area contributed by atoms with Crippen LogP contribution in [0, 0.1) is 5.82 Å². The fourth-order valence-corrected chi connectivity index (χ4v) is 3.11. The van der Waals surface area contributed by atoms with E-state index in [2.05, 4.69) is 25.4 Å². The first-order valence-corrected chi connectivity index (χ1v) is 8.56. The van der Waals surface area contributed by atoms with Crippen molar-refractivity contribution >= 4 is 17.4 Å². The number of fused-ring (bicyclic) bond motifs is 1.